The summed E-state index contributed by atoms with van der Waals surface area (Å²) < 4.78 is 47.6. The molecule has 1 N–H and O–H groups in total. The van der Waals surface area contributed by atoms with Crippen LogP contribution in [0.2, 0.25) is 0 Å². The van der Waals surface area contributed by atoms with Crippen molar-refractivity contribution in [3.63, 3.8) is 0 Å². The predicted octanol–water partition coefficient (Wildman–Crippen LogP) is 2.55. The van der Waals surface area contributed by atoms with Crippen molar-refractivity contribution in [1.29, 1.82) is 0 Å². The maximum absolute atomic E-state index is 12.7. The summed E-state index contributed by atoms with van der Waals surface area (Å²) >= 11 is -1.50. The Bertz CT molecular complexity index is 958. The monoisotopic (exact) mass is 419 g/mol. The van der Waals surface area contributed by atoms with Gasteiger partial charge in [-0.1, -0.05) is 0 Å². The number of imidazole rings is 1. The van der Waals surface area contributed by atoms with Gasteiger partial charge >= 0.3 is 5.16 Å². The second-order valence-electron chi connectivity index (χ2n) is 5.80. The Labute approximate surface area is 185 Å². The Hall–Kier alpha value is -1.46. The van der Waals surface area contributed by atoms with Gasteiger partial charge in [0, 0.05) is 58.1 Å². The van der Waals surface area contributed by atoms with Crippen LogP contribution in [0.15, 0.2) is 23.5 Å². The molecule has 1 unspecified atom stereocenters. The zero-order chi connectivity index (χ0) is 19.6. The molecule has 3 aromatic heterocycles. The Kier molecular flexibility index (Phi) is 8.02. The Morgan fingerprint density at radius 1 is 1.29 bits per heavy atom. The molecule has 0 fully saturated rings. The van der Waals surface area contributed by atoms with Crippen molar-refractivity contribution in [2.45, 2.75) is 31.2 Å². The molecule has 0 spiro atoms. The average Bonchev–Trinajstić information content (AvgIpc) is 3.04. The first kappa shape index (κ1) is 22.8. The summed E-state index contributed by atoms with van der Waals surface area (Å²) in [5, 5.41) is 0.229. The number of ether oxygens (including phenoxy) is 2. The molecule has 0 saturated carbocycles. The molecule has 28 heavy (non-hydrogen) atoms. The topological polar surface area (TPSA) is 96.0 Å². The quantitative estimate of drug-likeness (QED) is 0.467. The van der Waals surface area contributed by atoms with Crippen LogP contribution in [0.1, 0.15) is 16.8 Å². The average molecular weight is 419 g/mol. The number of aryl methyl sites for hydroxylation is 1. The molecule has 145 valence electrons. The number of aromatic amines is 1. The molecule has 0 amide bonds. The van der Waals surface area contributed by atoms with Gasteiger partial charge in [-0.25, -0.2) is 8.78 Å². The van der Waals surface area contributed by atoms with E-state index in [9.17, 15) is 13.3 Å². The van der Waals surface area contributed by atoms with Crippen LogP contribution in [0.25, 0.3) is 11.2 Å². The zero-order valence-electron chi connectivity index (χ0n) is 16.0. The van der Waals surface area contributed by atoms with E-state index in [1.807, 2.05) is 6.92 Å². The minimum Gasteiger partial charge on any atom is -0.609 e. The molecule has 3 rings (SSSR count). The van der Waals surface area contributed by atoms with Gasteiger partial charge in [0.2, 0.25) is 5.88 Å². The number of hydrogen-bond donors (Lipinski definition) is 1. The third kappa shape index (κ3) is 5.12. The number of alkyl halides is 2. The number of rotatable bonds is 7. The summed E-state index contributed by atoms with van der Waals surface area (Å²) in [5.74, 6) is 0.908. The fraction of sp³-hybridized carbons (Fsp3) is 0.353. The van der Waals surface area contributed by atoms with Gasteiger partial charge in [0.15, 0.2) is 18.0 Å². The number of aromatic nitrogens is 4. The van der Waals surface area contributed by atoms with E-state index in [0.29, 0.717) is 28.2 Å². The van der Waals surface area contributed by atoms with Crippen molar-refractivity contribution in [2.24, 2.45) is 0 Å². The number of nitrogens with one attached hydrogen (secondary N) is 1. The molecule has 0 aliphatic rings. The Morgan fingerprint density at radius 3 is 2.71 bits per heavy atom. The third-order valence-corrected chi connectivity index (χ3v) is 5.06. The fourth-order valence-corrected chi connectivity index (χ4v) is 3.60. The molecular formula is C17H18F2N4NaO3S. The molecule has 3 aromatic rings. The van der Waals surface area contributed by atoms with Gasteiger partial charge in [-0.15, -0.1) is 0 Å². The van der Waals surface area contributed by atoms with Gasteiger partial charge in [0.05, 0.1) is 12.8 Å². The van der Waals surface area contributed by atoms with Crippen molar-refractivity contribution >= 4 is 51.9 Å². The number of fused-ring (bicyclic) bond motifs is 1. The first-order valence-corrected chi connectivity index (χ1v) is 9.36. The van der Waals surface area contributed by atoms with Gasteiger partial charge in [0.1, 0.15) is 11.3 Å². The van der Waals surface area contributed by atoms with Gasteiger partial charge in [-0.3, -0.25) is 9.97 Å². The number of H-pyrrole nitrogens is 1. The molecule has 0 bridgehead atoms. The van der Waals surface area contributed by atoms with Gasteiger partial charge in [0.25, 0.3) is 6.43 Å². The number of hydrogen-bond acceptors (Lipinski definition) is 6. The number of halogens is 2. The number of methoxy groups -OCH3 is 1. The van der Waals surface area contributed by atoms with Crippen molar-refractivity contribution in [2.75, 3.05) is 13.7 Å². The van der Waals surface area contributed by atoms with E-state index in [4.69, 9.17) is 9.47 Å². The van der Waals surface area contributed by atoms with Crippen LogP contribution in [-0.4, -0.2) is 74.2 Å². The Morgan fingerprint density at radius 2 is 2.04 bits per heavy atom. The van der Waals surface area contributed by atoms with Crippen molar-refractivity contribution in [3.8, 4) is 11.6 Å². The molecule has 0 aliphatic heterocycles. The molecule has 1 radical (unpaired) electrons. The minimum atomic E-state index is -2.59. The maximum Gasteiger partial charge on any atom is 0.323 e. The number of pyridine rings is 2. The van der Waals surface area contributed by atoms with E-state index in [0.717, 1.165) is 5.56 Å². The standard InChI is InChI=1S/C17H18F2N4O3S.Na/c1-9-6-11-15(22-16(9)26-7-14(18)19)23-17(21-11)27(24)8-12-10(2)13(25-3)4-5-20-12;/h4-6,14H,7-8H2,1-3H3,(H,21,22,23);. The SMILES string of the molecule is COc1ccnc(C[S+]([O-])c2nc3cc(C)c(OCC(F)F)nc3[nH]2)c1C.[Na]. The van der Waals surface area contributed by atoms with Crippen molar-refractivity contribution in [3.05, 3.63) is 35.2 Å². The smallest absolute Gasteiger partial charge is 0.323 e. The molecule has 7 nitrogen and oxygen atoms in total. The van der Waals surface area contributed by atoms with Crippen molar-refractivity contribution in [1.82, 2.24) is 19.9 Å². The molecule has 0 saturated heterocycles. The summed E-state index contributed by atoms with van der Waals surface area (Å²) in [6, 6.07) is 3.38. The van der Waals surface area contributed by atoms with E-state index in [1.165, 1.54) is 0 Å². The second kappa shape index (κ2) is 9.84. The van der Waals surface area contributed by atoms with Crippen LogP contribution in [0.4, 0.5) is 8.78 Å². The van der Waals surface area contributed by atoms with Gasteiger partial charge in [-0.05, 0) is 26.0 Å². The fourth-order valence-electron chi connectivity index (χ4n) is 2.51. The van der Waals surface area contributed by atoms with Crippen LogP contribution in [-0.2, 0) is 16.9 Å². The van der Waals surface area contributed by atoms with Crippen LogP contribution >= 0.6 is 0 Å². The summed E-state index contributed by atoms with van der Waals surface area (Å²) in [7, 11) is 1.56. The normalized spacial score (nSPS) is 12.1. The van der Waals surface area contributed by atoms with Crippen LogP contribution in [0.5, 0.6) is 11.6 Å². The summed E-state index contributed by atoms with van der Waals surface area (Å²) in [4.78, 5) is 15.6. The van der Waals surface area contributed by atoms with Crippen LogP contribution in [0, 0.1) is 13.8 Å². The van der Waals surface area contributed by atoms with Gasteiger partial charge < -0.3 is 14.0 Å². The van der Waals surface area contributed by atoms with E-state index < -0.39 is 24.2 Å². The molecular weight excluding hydrogens is 401 g/mol. The second-order valence-corrected chi connectivity index (χ2v) is 7.16. The van der Waals surface area contributed by atoms with E-state index in [1.54, 1.807) is 32.4 Å². The van der Waals surface area contributed by atoms with Crippen LogP contribution < -0.4 is 9.47 Å². The van der Waals surface area contributed by atoms with E-state index in [2.05, 4.69) is 19.9 Å². The third-order valence-electron chi connectivity index (χ3n) is 3.90. The molecule has 3 heterocycles. The first-order chi connectivity index (χ1) is 12.9. The van der Waals surface area contributed by atoms with Crippen molar-refractivity contribution < 1.29 is 22.8 Å². The van der Waals surface area contributed by atoms with Gasteiger partial charge in [-0.2, -0.15) is 9.97 Å². The van der Waals surface area contributed by atoms with E-state index >= 15 is 0 Å². The van der Waals surface area contributed by atoms with Crippen LogP contribution in [0.3, 0.4) is 0 Å². The summed E-state index contributed by atoms with van der Waals surface area (Å²) in [6.07, 6.45) is -1.00. The number of nitrogens with zero attached hydrogens (tertiary/aromatic N) is 3. The molecule has 1 atom stereocenters. The molecule has 0 aromatic carbocycles. The molecule has 11 heteroatoms. The zero-order valence-corrected chi connectivity index (χ0v) is 18.8. The first-order valence-electron chi connectivity index (χ1n) is 8.04. The summed E-state index contributed by atoms with van der Waals surface area (Å²) in [5.41, 5.74) is 2.82. The minimum absolute atomic E-state index is 0. The molecule has 0 aliphatic carbocycles. The predicted molar refractivity (Wildman–Crippen MR) is 102 cm³/mol. The maximum atomic E-state index is 12.7. The Balaban J connectivity index is 0.00000280. The summed E-state index contributed by atoms with van der Waals surface area (Å²) in [6.45, 7) is 2.78. The van der Waals surface area contributed by atoms with E-state index in [-0.39, 0.29) is 46.3 Å². The largest absolute Gasteiger partial charge is 0.609 e.